The summed E-state index contributed by atoms with van der Waals surface area (Å²) in [6.45, 7) is 6.78. The van der Waals surface area contributed by atoms with Crippen LogP contribution in [0.15, 0.2) is 48.5 Å². The van der Waals surface area contributed by atoms with Gasteiger partial charge in [-0.15, -0.1) is 0 Å². The summed E-state index contributed by atoms with van der Waals surface area (Å²) in [4.78, 5) is 54.7. The Kier molecular flexibility index (Phi) is 7.34. The molecule has 2 aliphatic rings. The highest BCUT2D eigenvalue weighted by Gasteiger charge is 2.55. The van der Waals surface area contributed by atoms with E-state index in [1.54, 1.807) is 32.9 Å². The summed E-state index contributed by atoms with van der Waals surface area (Å²) in [6, 6.07) is 15.1. The van der Waals surface area contributed by atoms with Gasteiger partial charge >= 0.3 is 5.97 Å². The number of ether oxygens (including phenoxy) is 1. The Morgan fingerprint density at radius 1 is 1.08 bits per heavy atom. The summed E-state index contributed by atoms with van der Waals surface area (Å²) in [5.41, 5.74) is 0.444. The summed E-state index contributed by atoms with van der Waals surface area (Å²) in [5, 5.41) is 2.81. The zero-order chi connectivity index (χ0) is 26.1. The SMILES string of the molecule is CC(C)(C)OC(=O)CNC(=O)C1C(=O)c2cc(Cl)ccc2C2(CCN(Cc3ccccc3)CC2)C1=O. The molecule has 1 aliphatic heterocycles. The molecule has 190 valence electrons. The molecule has 7 nitrogen and oxygen atoms in total. The maximum atomic E-state index is 13.9. The maximum Gasteiger partial charge on any atom is 0.325 e. The largest absolute Gasteiger partial charge is 0.459 e. The van der Waals surface area contributed by atoms with E-state index >= 15 is 0 Å². The number of Topliss-reactive ketones (excluding diaryl/α,β-unsaturated/α-hetero) is 2. The number of nitrogens with one attached hydrogen (secondary N) is 1. The van der Waals surface area contributed by atoms with Crippen LogP contribution in [-0.2, 0) is 31.1 Å². The van der Waals surface area contributed by atoms with Crippen molar-refractivity contribution in [1.29, 1.82) is 0 Å². The molecule has 1 aliphatic carbocycles. The van der Waals surface area contributed by atoms with E-state index in [4.69, 9.17) is 16.3 Å². The molecule has 1 heterocycles. The molecule has 4 rings (SSSR count). The molecule has 2 aromatic carbocycles. The van der Waals surface area contributed by atoms with Crippen molar-refractivity contribution in [3.8, 4) is 0 Å². The first-order valence-electron chi connectivity index (χ1n) is 12.1. The third kappa shape index (κ3) is 5.37. The number of likely N-dealkylation sites (tertiary alicyclic amines) is 1. The first-order valence-corrected chi connectivity index (χ1v) is 12.5. The first-order chi connectivity index (χ1) is 17.0. The second-order valence-corrected chi connectivity index (χ2v) is 10.9. The molecule has 1 unspecified atom stereocenters. The van der Waals surface area contributed by atoms with Gasteiger partial charge in [-0.05, 0) is 70.0 Å². The van der Waals surface area contributed by atoms with Crippen LogP contribution in [0, 0.1) is 5.92 Å². The molecule has 0 aromatic heterocycles. The summed E-state index contributed by atoms with van der Waals surface area (Å²) in [5.74, 6) is -3.95. The Labute approximate surface area is 216 Å². The molecule has 1 saturated heterocycles. The van der Waals surface area contributed by atoms with Crippen molar-refractivity contribution >= 4 is 35.0 Å². The van der Waals surface area contributed by atoms with Crippen molar-refractivity contribution in [2.45, 2.75) is 51.2 Å². The van der Waals surface area contributed by atoms with Gasteiger partial charge in [-0.3, -0.25) is 24.1 Å². The molecule has 1 atom stereocenters. The van der Waals surface area contributed by atoms with Gasteiger partial charge in [0.25, 0.3) is 0 Å². The number of halogens is 1. The van der Waals surface area contributed by atoms with Crippen molar-refractivity contribution in [3.05, 3.63) is 70.2 Å². The van der Waals surface area contributed by atoms with E-state index in [0.717, 1.165) is 6.54 Å². The Morgan fingerprint density at radius 3 is 2.39 bits per heavy atom. The number of carbonyl (C=O) groups is 4. The molecule has 2 aromatic rings. The standard InChI is InChI=1S/C28H31ClN2O5/c1-27(2,3)36-22(32)16-30-26(35)23-24(33)20-15-19(29)9-10-21(20)28(25(23)34)11-13-31(14-12-28)17-18-7-5-4-6-8-18/h4-10,15,23H,11-14,16-17H2,1-3H3,(H,30,35). The fourth-order valence-electron chi connectivity index (χ4n) is 5.15. The number of carbonyl (C=O) groups excluding carboxylic acids is 4. The van der Waals surface area contributed by atoms with Gasteiger partial charge in [0.05, 0.1) is 5.41 Å². The number of rotatable bonds is 5. The first kappa shape index (κ1) is 26.0. The highest BCUT2D eigenvalue weighted by atomic mass is 35.5. The van der Waals surface area contributed by atoms with Crippen molar-refractivity contribution < 1.29 is 23.9 Å². The van der Waals surface area contributed by atoms with Gasteiger partial charge in [-0.2, -0.15) is 0 Å². The number of nitrogens with zero attached hydrogens (tertiary/aromatic N) is 1. The Hall–Kier alpha value is -3.03. The zero-order valence-corrected chi connectivity index (χ0v) is 21.6. The number of esters is 1. The average Bonchev–Trinajstić information content (AvgIpc) is 2.82. The molecular formula is C28H31ClN2O5. The molecule has 0 bridgehead atoms. The van der Waals surface area contributed by atoms with Crippen molar-refractivity contribution in [2.75, 3.05) is 19.6 Å². The highest BCUT2D eigenvalue weighted by molar-refractivity contribution is 6.33. The number of hydrogen-bond acceptors (Lipinski definition) is 6. The van der Waals surface area contributed by atoms with Crippen molar-refractivity contribution in [3.63, 3.8) is 0 Å². The Balaban J connectivity index is 1.57. The lowest BCUT2D eigenvalue weighted by molar-refractivity contribution is -0.155. The lowest BCUT2D eigenvalue weighted by atomic mass is 9.60. The van der Waals surface area contributed by atoms with Gasteiger partial charge in [0.15, 0.2) is 17.5 Å². The number of fused-ring (bicyclic) bond motifs is 2. The van der Waals surface area contributed by atoms with Gasteiger partial charge in [-0.25, -0.2) is 0 Å². The summed E-state index contributed by atoms with van der Waals surface area (Å²) in [7, 11) is 0. The summed E-state index contributed by atoms with van der Waals surface area (Å²) in [6.07, 6.45) is 0.965. The third-order valence-electron chi connectivity index (χ3n) is 6.81. The van der Waals surface area contributed by atoms with Crippen LogP contribution in [0.2, 0.25) is 5.02 Å². The molecule has 8 heteroatoms. The second-order valence-electron chi connectivity index (χ2n) is 10.5. The predicted octanol–water partition coefficient (Wildman–Crippen LogP) is 3.71. The van der Waals surface area contributed by atoms with E-state index < -0.39 is 46.9 Å². The molecule has 1 fully saturated rings. The number of piperidine rings is 1. The second kappa shape index (κ2) is 10.1. The van der Waals surface area contributed by atoms with E-state index in [9.17, 15) is 19.2 Å². The highest BCUT2D eigenvalue weighted by Crippen LogP contribution is 2.45. The Bertz CT molecular complexity index is 1180. The van der Waals surface area contributed by atoms with Gasteiger partial charge in [0, 0.05) is 17.1 Å². The number of ketones is 2. The van der Waals surface area contributed by atoms with E-state index in [0.29, 0.717) is 42.1 Å². The van der Waals surface area contributed by atoms with Crippen LogP contribution in [0.25, 0.3) is 0 Å². The van der Waals surface area contributed by atoms with Crippen LogP contribution >= 0.6 is 11.6 Å². The maximum absolute atomic E-state index is 13.9. The quantitative estimate of drug-likeness (QED) is 0.487. The molecular weight excluding hydrogens is 480 g/mol. The van der Waals surface area contributed by atoms with Gasteiger partial charge < -0.3 is 10.1 Å². The van der Waals surface area contributed by atoms with E-state index in [-0.39, 0.29) is 0 Å². The monoisotopic (exact) mass is 510 g/mol. The molecule has 1 amide bonds. The van der Waals surface area contributed by atoms with Crippen LogP contribution < -0.4 is 5.32 Å². The Morgan fingerprint density at radius 2 is 1.75 bits per heavy atom. The molecule has 1 spiro atoms. The summed E-state index contributed by atoms with van der Waals surface area (Å²) < 4.78 is 5.23. The van der Waals surface area contributed by atoms with Gasteiger partial charge in [-0.1, -0.05) is 48.0 Å². The zero-order valence-electron chi connectivity index (χ0n) is 20.8. The fourth-order valence-corrected chi connectivity index (χ4v) is 5.32. The van der Waals surface area contributed by atoms with Crippen molar-refractivity contribution in [1.82, 2.24) is 10.2 Å². The van der Waals surface area contributed by atoms with Gasteiger partial charge in [0.2, 0.25) is 5.91 Å². The van der Waals surface area contributed by atoms with E-state index in [2.05, 4.69) is 22.3 Å². The minimum atomic E-state index is -1.53. The van der Waals surface area contributed by atoms with Crippen LogP contribution in [0.5, 0.6) is 0 Å². The van der Waals surface area contributed by atoms with E-state index in [1.807, 2.05) is 18.2 Å². The third-order valence-corrected chi connectivity index (χ3v) is 7.04. The summed E-state index contributed by atoms with van der Waals surface area (Å²) >= 11 is 6.20. The smallest absolute Gasteiger partial charge is 0.325 e. The number of benzene rings is 2. The normalized spacial score (nSPS) is 19.6. The lowest BCUT2D eigenvalue weighted by Crippen LogP contribution is -2.57. The minimum Gasteiger partial charge on any atom is -0.459 e. The van der Waals surface area contributed by atoms with Crippen LogP contribution in [-0.4, -0.2) is 53.6 Å². The molecule has 36 heavy (non-hydrogen) atoms. The fraction of sp³-hybridized carbons (Fsp3) is 0.429. The molecule has 1 N–H and O–H groups in total. The average molecular weight is 511 g/mol. The lowest BCUT2D eigenvalue weighted by Gasteiger charge is -2.45. The number of amides is 1. The van der Waals surface area contributed by atoms with Gasteiger partial charge in [0.1, 0.15) is 12.1 Å². The topological polar surface area (TPSA) is 92.8 Å². The predicted molar refractivity (Wildman–Crippen MR) is 136 cm³/mol. The van der Waals surface area contributed by atoms with E-state index in [1.165, 1.54) is 11.6 Å². The minimum absolute atomic E-state index is 0.302. The molecule has 0 saturated carbocycles. The van der Waals surface area contributed by atoms with Crippen LogP contribution in [0.4, 0.5) is 0 Å². The number of hydrogen-bond donors (Lipinski definition) is 1. The van der Waals surface area contributed by atoms with Crippen LogP contribution in [0.3, 0.4) is 0 Å². The van der Waals surface area contributed by atoms with Crippen molar-refractivity contribution in [2.24, 2.45) is 5.92 Å². The van der Waals surface area contributed by atoms with Crippen LogP contribution in [0.1, 0.15) is 55.1 Å². The molecule has 0 radical (unpaired) electrons.